The predicted molar refractivity (Wildman–Crippen MR) is 194 cm³/mol. The highest BCUT2D eigenvalue weighted by molar-refractivity contribution is 5.97. The Balaban J connectivity index is 1.46. The standard InChI is InChI=1S/C44H39N2/c1-6-44(7-2)31(5)38-25-24-37(34-22-20-33(21-23-34)32-16-9-8-10-17-32)26-39(38)43-45(42-29(3)14-13-15-30(42)4)40-27-35-18-11-12-19-36(35)28-41(40)46(43)44/h8-28H,5-7H2,1-4H3/q+1. The van der Waals surface area contributed by atoms with Crippen molar-refractivity contribution in [1.29, 1.82) is 0 Å². The van der Waals surface area contributed by atoms with Crippen LogP contribution in [0.2, 0.25) is 0 Å². The van der Waals surface area contributed by atoms with Crippen LogP contribution in [0.1, 0.15) is 43.4 Å². The maximum atomic E-state index is 4.85. The molecule has 0 atom stereocenters. The third kappa shape index (κ3) is 4.06. The minimum Gasteiger partial charge on any atom is -0.213 e. The molecule has 0 saturated heterocycles. The summed E-state index contributed by atoms with van der Waals surface area (Å²) in [4.78, 5) is 0. The Kier molecular flexibility index (Phi) is 6.58. The average molecular weight is 596 g/mol. The lowest BCUT2D eigenvalue weighted by atomic mass is 9.76. The molecule has 0 radical (unpaired) electrons. The van der Waals surface area contributed by atoms with Gasteiger partial charge in [0.1, 0.15) is 11.2 Å². The second-order valence-electron chi connectivity index (χ2n) is 12.8. The van der Waals surface area contributed by atoms with Gasteiger partial charge in [-0.05, 0) is 94.6 Å². The molecule has 0 N–H and O–H groups in total. The zero-order valence-corrected chi connectivity index (χ0v) is 27.1. The van der Waals surface area contributed by atoms with Gasteiger partial charge in [0, 0.05) is 5.57 Å². The van der Waals surface area contributed by atoms with Crippen molar-refractivity contribution in [3.05, 3.63) is 151 Å². The third-order valence-electron chi connectivity index (χ3n) is 10.5. The molecule has 2 nitrogen and oxygen atoms in total. The number of hydrogen-bond donors (Lipinski definition) is 0. The van der Waals surface area contributed by atoms with E-state index in [1.807, 2.05) is 0 Å². The zero-order chi connectivity index (χ0) is 31.6. The molecule has 1 aliphatic rings. The molecule has 0 amide bonds. The van der Waals surface area contributed by atoms with Crippen molar-refractivity contribution in [1.82, 2.24) is 4.57 Å². The molecule has 0 unspecified atom stereocenters. The minimum absolute atomic E-state index is 0.246. The molecule has 0 aliphatic carbocycles. The second kappa shape index (κ2) is 10.7. The summed E-state index contributed by atoms with van der Waals surface area (Å²) in [6.45, 7) is 14.0. The van der Waals surface area contributed by atoms with Gasteiger partial charge in [-0.25, -0.2) is 4.57 Å². The van der Waals surface area contributed by atoms with Gasteiger partial charge in [0.05, 0.1) is 5.56 Å². The smallest absolute Gasteiger partial charge is 0.213 e. The summed E-state index contributed by atoms with van der Waals surface area (Å²) in [5, 5.41) is 2.51. The number of benzene rings is 6. The van der Waals surface area contributed by atoms with Crippen LogP contribution < -0.4 is 4.57 Å². The van der Waals surface area contributed by atoms with E-state index in [2.05, 4.69) is 164 Å². The first-order valence-corrected chi connectivity index (χ1v) is 16.5. The van der Waals surface area contributed by atoms with Gasteiger partial charge in [-0.1, -0.05) is 130 Å². The maximum Gasteiger partial charge on any atom is 0.296 e. The number of rotatable bonds is 5. The number of aromatic nitrogens is 2. The van der Waals surface area contributed by atoms with Crippen LogP contribution in [0.25, 0.3) is 66.7 Å². The minimum atomic E-state index is -0.246. The first kappa shape index (κ1) is 28.3. The molecular formula is C44H39N2+. The van der Waals surface area contributed by atoms with Gasteiger partial charge in [-0.2, -0.15) is 4.57 Å². The lowest BCUT2D eigenvalue weighted by Crippen LogP contribution is -2.59. The molecule has 0 saturated carbocycles. The van der Waals surface area contributed by atoms with E-state index in [-0.39, 0.29) is 5.54 Å². The van der Waals surface area contributed by atoms with Crippen molar-refractivity contribution >= 4 is 27.4 Å². The fraction of sp³-hybridized carbons (Fsp3) is 0.159. The molecule has 46 heavy (non-hydrogen) atoms. The van der Waals surface area contributed by atoms with E-state index in [0.717, 1.165) is 12.8 Å². The molecule has 0 bridgehead atoms. The van der Waals surface area contributed by atoms with Gasteiger partial charge in [0.2, 0.25) is 0 Å². The first-order valence-electron chi connectivity index (χ1n) is 16.5. The summed E-state index contributed by atoms with van der Waals surface area (Å²) in [6.07, 6.45) is 1.92. The van der Waals surface area contributed by atoms with Crippen molar-refractivity contribution in [2.24, 2.45) is 0 Å². The van der Waals surface area contributed by atoms with E-state index in [1.54, 1.807) is 0 Å². The molecule has 1 aliphatic heterocycles. The number of nitrogens with zero attached hydrogens (tertiary/aromatic N) is 2. The fourth-order valence-corrected chi connectivity index (χ4v) is 8.00. The summed E-state index contributed by atoms with van der Waals surface area (Å²) < 4.78 is 5.20. The van der Waals surface area contributed by atoms with Crippen LogP contribution in [0.3, 0.4) is 0 Å². The van der Waals surface area contributed by atoms with E-state index in [4.69, 9.17) is 6.58 Å². The van der Waals surface area contributed by atoms with Crippen molar-refractivity contribution in [2.75, 3.05) is 0 Å². The number of para-hydroxylation sites is 1. The normalized spacial score (nSPS) is 13.6. The highest BCUT2D eigenvalue weighted by atomic mass is 15.2. The Morgan fingerprint density at radius 1 is 0.587 bits per heavy atom. The molecular weight excluding hydrogens is 556 g/mol. The van der Waals surface area contributed by atoms with Gasteiger partial charge in [-0.15, -0.1) is 0 Å². The van der Waals surface area contributed by atoms with Crippen LogP contribution >= 0.6 is 0 Å². The van der Waals surface area contributed by atoms with E-state index in [0.29, 0.717) is 0 Å². The van der Waals surface area contributed by atoms with Crippen molar-refractivity contribution in [2.45, 2.75) is 46.1 Å². The van der Waals surface area contributed by atoms with E-state index in [1.165, 1.54) is 83.4 Å². The van der Waals surface area contributed by atoms with Crippen LogP contribution in [-0.2, 0) is 5.54 Å². The monoisotopic (exact) mass is 595 g/mol. The lowest BCUT2D eigenvalue weighted by molar-refractivity contribution is -0.718. The maximum absolute atomic E-state index is 4.85. The van der Waals surface area contributed by atoms with Crippen LogP contribution in [0.4, 0.5) is 0 Å². The van der Waals surface area contributed by atoms with Crippen LogP contribution in [-0.4, -0.2) is 4.57 Å². The second-order valence-corrected chi connectivity index (χ2v) is 12.8. The summed E-state index contributed by atoms with van der Waals surface area (Å²) in [6, 6.07) is 46.8. The van der Waals surface area contributed by atoms with E-state index < -0.39 is 0 Å². The largest absolute Gasteiger partial charge is 0.296 e. The molecule has 6 aromatic carbocycles. The Morgan fingerprint density at radius 3 is 1.80 bits per heavy atom. The summed E-state index contributed by atoms with van der Waals surface area (Å²) >= 11 is 0. The number of aryl methyl sites for hydroxylation is 2. The topological polar surface area (TPSA) is 8.81 Å². The van der Waals surface area contributed by atoms with Crippen molar-refractivity contribution in [3.63, 3.8) is 0 Å². The summed E-state index contributed by atoms with van der Waals surface area (Å²) in [5.41, 5.74) is 14.6. The van der Waals surface area contributed by atoms with Crippen molar-refractivity contribution in [3.8, 4) is 39.3 Å². The number of allylic oxidation sites excluding steroid dienone is 1. The lowest BCUT2D eigenvalue weighted by Gasteiger charge is -2.37. The molecule has 1 aromatic heterocycles. The molecule has 2 heteroatoms. The number of hydrogen-bond acceptors (Lipinski definition) is 0. The van der Waals surface area contributed by atoms with E-state index in [9.17, 15) is 0 Å². The predicted octanol–water partition coefficient (Wildman–Crippen LogP) is 11.2. The van der Waals surface area contributed by atoms with Crippen molar-refractivity contribution < 1.29 is 4.57 Å². The quantitative estimate of drug-likeness (QED) is 0.175. The molecule has 7 aromatic rings. The average Bonchev–Trinajstić information content (AvgIpc) is 3.42. The van der Waals surface area contributed by atoms with Crippen LogP contribution in [0, 0.1) is 13.8 Å². The Bertz CT molecular complexity index is 2280. The third-order valence-corrected chi connectivity index (χ3v) is 10.5. The first-order chi connectivity index (χ1) is 22.4. The van der Waals surface area contributed by atoms with Gasteiger partial charge < -0.3 is 0 Å². The Hall–Kier alpha value is -5.21. The zero-order valence-electron chi connectivity index (χ0n) is 27.1. The SMILES string of the molecule is C=C1c2ccc(-c3ccc(-c4ccccc4)cc3)cc2-c2n(-c3c(C)cccc3C)c3cc4ccccc4cc3[n+]2C1(CC)CC. The number of fused-ring (bicyclic) bond motifs is 6. The van der Waals surface area contributed by atoms with Crippen LogP contribution in [0.5, 0.6) is 0 Å². The molecule has 0 spiro atoms. The molecule has 2 heterocycles. The highest BCUT2D eigenvalue weighted by Crippen LogP contribution is 2.48. The number of imidazole rings is 1. The van der Waals surface area contributed by atoms with Crippen LogP contribution in [0.15, 0.2) is 134 Å². The summed E-state index contributed by atoms with van der Waals surface area (Å²) in [5.74, 6) is 1.23. The van der Waals surface area contributed by atoms with Gasteiger partial charge >= 0.3 is 0 Å². The molecule has 224 valence electrons. The molecule has 0 fully saturated rings. The molecule has 8 rings (SSSR count). The summed E-state index contributed by atoms with van der Waals surface area (Å²) in [7, 11) is 0. The van der Waals surface area contributed by atoms with Gasteiger partial charge in [0.25, 0.3) is 5.82 Å². The fourth-order valence-electron chi connectivity index (χ4n) is 8.00. The van der Waals surface area contributed by atoms with Gasteiger partial charge in [0.15, 0.2) is 11.0 Å². The Morgan fingerprint density at radius 2 is 1.15 bits per heavy atom. The van der Waals surface area contributed by atoms with E-state index >= 15 is 0 Å². The highest BCUT2D eigenvalue weighted by Gasteiger charge is 2.49. The Labute approximate surface area is 271 Å². The van der Waals surface area contributed by atoms with Gasteiger partial charge in [-0.3, -0.25) is 0 Å².